The van der Waals surface area contributed by atoms with Crippen LogP contribution in [0.4, 0.5) is 5.69 Å². The zero-order valence-corrected chi connectivity index (χ0v) is 12.1. The monoisotopic (exact) mass is 270 g/mol. The highest BCUT2D eigenvalue weighted by atomic mass is 32.2. The van der Waals surface area contributed by atoms with Crippen molar-refractivity contribution in [2.45, 2.75) is 25.3 Å². The van der Waals surface area contributed by atoms with E-state index >= 15 is 0 Å². The average Bonchev–Trinajstić information content (AvgIpc) is 2.34. The Balaban J connectivity index is 2.51. The van der Waals surface area contributed by atoms with Crippen LogP contribution in [0.25, 0.3) is 0 Å². The van der Waals surface area contributed by atoms with E-state index in [-0.39, 0.29) is 0 Å². The Hall–Kier alpha value is -0.940. The molecule has 0 aromatic carbocycles. The van der Waals surface area contributed by atoms with E-state index in [1.807, 2.05) is 12.1 Å². The van der Waals surface area contributed by atoms with Crippen molar-refractivity contribution in [2.24, 2.45) is 5.92 Å². The lowest BCUT2D eigenvalue weighted by Crippen LogP contribution is -2.07. The van der Waals surface area contributed by atoms with Gasteiger partial charge in [-0.25, -0.2) is 4.98 Å². The van der Waals surface area contributed by atoms with Crippen LogP contribution in [-0.2, 0) is 4.74 Å². The molecule has 0 atom stereocenters. The minimum absolute atomic E-state index is 0.462. The maximum atomic E-state index is 5.84. The molecule has 102 valence electrons. The number of ether oxygens (including phenoxy) is 2. The van der Waals surface area contributed by atoms with Crippen LogP contribution in [0.1, 0.15) is 20.3 Å². The standard InChI is InChI=1S/C13H22N2O2S/c1-10(2)9-17-13-11(14)5-6-12(15-13)18-8-4-7-16-3/h5-6,10H,4,7-9,14H2,1-3H3. The number of nitrogen functional groups attached to an aromatic ring is 1. The van der Waals surface area contributed by atoms with E-state index in [9.17, 15) is 0 Å². The van der Waals surface area contributed by atoms with Crippen LogP contribution >= 0.6 is 11.8 Å². The van der Waals surface area contributed by atoms with Crippen LogP contribution in [0, 0.1) is 5.92 Å². The number of anilines is 1. The molecule has 0 saturated heterocycles. The first-order valence-corrected chi connectivity index (χ1v) is 7.13. The van der Waals surface area contributed by atoms with Crippen LogP contribution in [0.15, 0.2) is 17.2 Å². The van der Waals surface area contributed by atoms with E-state index < -0.39 is 0 Å². The molecule has 0 bridgehead atoms. The molecule has 1 aromatic rings. The highest BCUT2D eigenvalue weighted by molar-refractivity contribution is 7.99. The number of thioether (sulfide) groups is 1. The topological polar surface area (TPSA) is 57.4 Å². The summed E-state index contributed by atoms with van der Waals surface area (Å²) in [7, 11) is 1.71. The van der Waals surface area contributed by atoms with Crippen molar-refractivity contribution < 1.29 is 9.47 Å². The normalized spacial score (nSPS) is 10.9. The van der Waals surface area contributed by atoms with E-state index in [2.05, 4.69) is 18.8 Å². The summed E-state index contributed by atoms with van der Waals surface area (Å²) in [5.74, 6) is 1.98. The van der Waals surface area contributed by atoms with E-state index in [0.29, 0.717) is 24.1 Å². The maximum absolute atomic E-state index is 5.84. The predicted octanol–water partition coefficient (Wildman–Crippen LogP) is 2.83. The molecule has 1 rings (SSSR count). The Kier molecular flexibility index (Phi) is 6.90. The molecule has 1 aromatic heterocycles. The fourth-order valence-corrected chi connectivity index (χ4v) is 2.04. The van der Waals surface area contributed by atoms with E-state index in [4.69, 9.17) is 15.2 Å². The summed E-state index contributed by atoms with van der Waals surface area (Å²) >= 11 is 1.69. The van der Waals surface area contributed by atoms with Gasteiger partial charge in [0.1, 0.15) is 5.03 Å². The number of pyridine rings is 1. The smallest absolute Gasteiger partial charge is 0.238 e. The number of nitrogens with two attached hydrogens (primary N) is 1. The summed E-state index contributed by atoms with van der Waals surface area (Å²) in [6, 6.07) is 3.77. The van der Waals surface area contributed by atoms with Gasteiger partial charge in [-0.05, 0) is 24.5 Å². The highest BCUT2D eigenvalue weighted by Gasteiger charge is 2.06. The Morgan fingerprint density at radius 2 is 2.17 bits per heavy atom. The number of methoxy groups -OCH3 is 1. The lowest BCUT2D eigenvalue weighted by Gasteiger charge is -2.11. The van der Waals surface area contributed by atoms with Crippen LogP contribution < -0.4 is 10.5 Å². The first-order chi connectivity index (χ1) is 8.63. The molecule has 0 unspecified atom stereocenters. The van der Waals surface area contributed by atoms with Crippen molar-refractivity contribution in [1.29, 1.82) is 0 Å². The van der Waals surface area contributed by atoms with E-state index in [1.165, 1.54) is 0 Å². The summed E-state index contributed by atoms with van der Waals surface area (Å²) in [6.45, 7) is 5.60. The summed E-state index contributed by atoms with van der Waals surface area (Å²) in [5.41, 5.74) is 6.43. The molecule has 2 N–H and O–H groups in total. The zero-order chi connectivity index (χ0) is 13.4. The van der Waals surface area contributed by atoms with Crippen LogP contribution in [0.2, 0.25) is 0 Å². The van der Waals surface area contributed by atoms with Gasteiger partial charge in [-0.15, -0.1) is 11.8 Å². The van der Waals surface area contributed by atoms with Gasteiger partial charge in [-0.2, -0.15) is 0 Å². The van der Waals surface area contributed by atoms with Crippen molar-refractivity contribution in [3.05, 3.63) is 12.1 Å². The number of hydrogen-bond acceptors (Lipinski definition) is 5. The third-order valence-corrected chi connectivity index (χ3v) is 3.18. The van der Waals surface area contributed by atoms with E-state index in [1.54, 1.807) is 18.9 Å². The minimum atomic E-state index is 0.462. The van der Waals surface area contributed by atoms with Gasteiger partial charge in [0, 0.05) is 19.5 Å². The number of aromatic nitrogens is 1. The minimum Gasteiger partial charge on any atom is -0.476 e. The largest absolute Gasteiger partial charge is 0.476 e. The first-order valence-electron chi connectivity index (χ1n) is 6.14. The second-order valence-corrected chi connectivity index (χ2v) is 5.56. The van der Waals surface area contributed by atoms with Gasteiger partial charge in [0.2, 0.25) is 5.88 Å². The lowest BCUT2D eigenvalue weighted by molar-refractivity contribution is 0.200. The SMILES string of the molecule is COCCCSc1ccc(N)c(OCC(C)C)n1. The lowest BCUT2D eigenvalue weighted by atomic mass is 10.2. The number of rotatable bonds is 8. The molecule has 0 saturated carbocycles. The average molecular weight is 270 g/mol. The van der Waals surface area contributed by atoms with E-state index in [0.717, 1.165) is 23.8 Å². The molecule has 0 radical (unpaired) electrons. The van der Waals surface area contributed by atoms with Gasteiger partial charge in [-0.1, -0.05) is 13.8 Å². The number of hydrogen-bond donors (Lipinski definition) is 1. The van der Waals surface area contributed by atoms with Gasteiger partial charge < -0.3 is 15.2 Å². The van der Waals surface area contributed by atoms with Crippen LogP contribution in [0.5, 0.6) is 5.88 Å². The molecule has 0 aliphatic rings. The van der Waals surface area contributed by atoms with Crippen LogP contribution in [-0.4, -0.2) is 31.1 Å². The number of nitrogens with zero attached hydrogens (tertiary/aromatic N) is 1. The predicted molar refractivity (Wildman–Crippen MR) is 76.2 cm³/mol. The molecule has 0 aliphatic carbocycles. The van der Waals surface area contributed by atoms with Crippen LogP contribution in [0.3, 0.4) is 0 Å². The van der Waals surface area contributed by atoms with Gasteiger partial charge >= 0.3 is 0 Å². The summed E-state index contributed by atoms with van der Waals surface area (Å²) < 4.78 is 10.6. The molecular weight excluding hydrogens is 248 g/mol. The van der Waals surface area contributed by atoms with Gasteiger partial charge in [0.05, 0.1) is 12.3 Å². The summed E-state index contributed by atoms with van der Waals surface area (Å²) in [6.07, 6.45) is 1.01. The fraction of sp³-hybridized carbons (Fsp3) is 0.615. The fourth-order valence-electron chi connectivity index (χ4n) is 1.26. The molecule has 0 fully saturated rings. The third kappa shape index (κ3) is 5.60. The Bertz CT molecular complexity index is 359. The summed E-state index contributed by atoms with van der Waals surface area (Å²) in [4.78, 5) is 4.42. The molecular formula is C13H22N2O2S. The van der Waals surface area contributed by atoms with Crippen molar-refractivity contribution in [2.75, 3.05) is 31.8 Å². The van der Waals surface area contributed by atoms with Crippen molar-refractivity contribution in [1.82, 2.24) is 4.98 Å². The Labute approximate surface area is 113 Å². The first kappa shape index (κ1) is 15.1. The van der Waals surface area contributed by atoms with Crippen molar-refractivity contribution >= 4 is 17.4 Å². The molecule has 4 nitrogen and oxygen atoms in total. The third-order valence-electron chi connectivity index (χ3n) is 2.16. The molecule has 0 aliphatic heterocycles. The van der Waals surface area contributed by atoms with Gasteiger partial charge in [-0.3, -0.25) is 0 Å². The Morgan fingerprint density at radius 1 is 1.39 bits per heavy atom. The maximum Gasteiger partial charge on any atom is 0.238 e. The quantitative estimate of drug-likeness (QED) is 0.581. The molecule has 5 heteroatoms. The highest BCUT2D eigenvalue weighted by Crippen LogP contribution is 2.24. The van der Waals surface area contributed by atoms with Gasteiger partial charge in [0.25, 0.3) is 0 Å². The van der Waals surface area contributed by atoms with Crippen molar-refractivity contribution in [3.8, 4) is 5.88 Å². The van der Waals surface area contributed by atoms with Gasteiger partial charge in [0.15, 0.2) is 0 Å². The second kappa shape index (κ2) is 8.21. The molecule has 0 amide bonds. The molecule has 1 heterocycles. The summed E-state index contributed by atoms with van der Waals surface area (Å²) in [5, 5.41) is 0.944. The zero-order valence-electron chi connectivity index (χ0n) is 11.3. The molecule has 0 spiro atoms. The molecule has 18 heavy (non-hydrogen) atoms. The van der Waals surface area contributed by atoms with Crippen molar-refractivity contribution in [3.63, 3.8) is 0 Å². The second-order valence-electron chi connectivity index (χ2n) is 4.44. The Morgan fingerprint density at radius 3 is 2.83 bits per heavy atom.